The van der Waals surface area contributed by atoms with Gasteiger partial charge in [0, 0.05) is 13.0 Å². The Morgan fingerprint density at radius 2 is 1.83 bits per heavy atom. The molecule has 1 aromatic carbocycles. The minimum atomic E-state index is -3.83. The maximum atomic E-state index is 12.1. The zero-order valence-corrected chi connectivity index (χ0v) is 15.0. The molecule has 1 rings (SSSR count). The standard InChI is InChI=1S/C15H21NO7S/c1-10(17)22-9-24(19,20)11-6-7-12(13(8-11)21-5)16-14(18)23-15(2,3)4/h6-8H,9H2,1-5H3,(H,16,18). The van der Waals surface area contributed by atoms with Crippen molar-refractivity contribution >= 4 is 27.6 Å². The SMILES string of the molecule is COc1cc(S(=O)(=O)COC(C)=O)ccc1NC(=O)OC(C)(C)C. The molecule has 1 amide bonds. The van der Waals surface area contributed by atoms with Gasteiger partial charge in [-0.25, -0.2) is 13.2 Å². The number of amides is 1. The third-order valence-corrected chi connectivity index (χ3v) is 3.99. The van der Waals surface area contributed by atoms with E-state index in [9.17, 15) is 18.0 Å². The summed E-state index contributed by atoms with van der Waals surface area (Å²) in [6.45, 7) is 6.27. The highest BCUT2D eigenvalue weighted by Gasteiger charge is 2.21. The highest BCUT2D eigenvalue weighted by atomic mass is 32.2. The normalized spacial score (nSPS) is 11.5. The van der Waals surface area contributed by atoms with Crippen LogP contribution in [0.5, 0.6) is 5.75 Å². The Bertz CT molecular complexity index is 720. The summed E-state index contributed by atoms with van der Waals surface area (Å²) < 4.78 is 38.9. The first-order chi connectivity index (χ1) is 10.9. The van der Waals surface area contributed by atoms with Crippen LogP contribution in [0.15, 0.2) is 23.1 Å². The maximum Gasteiger partial charge on any atom is 0.412 e. The Hall–Kier alpha value is -2.29. The van der Waals surface area contributed by atoms with Crippen molar-refractivity contribution in [3.05, 3.63) is 18.2 Å². The summed E-state index contributed by atoms with van der Waals surface area (Å²) in [6, 6.07) is 3.86. The van der Waals surface area contributed by atoms with Crippen molar-refractivity contribution in [1.82, 2.24) is 0 Å². The van der Waals surface area contributed by atoms with Gasteiger partial charge in [0.25, 0.3) is 0 Å². The van der Waals surface area contributed by atoms with Gasteiger partial charge in [-0.05, 0) is 32.9 Å². The average molecular weight is 359 g/mol. The van der Waals surface area contributed by atoms with Gasteiger partial charge in [0.2, 0.25) is 9.84 Å². The lowest BCUT2D eigenvalue weighted by Gasteiger charge is -2.20. The van der Waals surface area contributed by atoms with E-state index in [2.05, 4.69) is 10.1 Å². The summed E-state index contributed by atoms with van der Waals surface area (Å²) in [5.74, 6) is -1.34. The maximum absolute atomic E-state index is 12.1. The van der Waals surface area contributed by atoms with Crippen LogP contribution in [0.2, 0.25) is 0 Å². The molecule has 0 fully saturated rings. The molecule has 0 bridgehead atoms. The fourth-order valence-corrected chi connectivity index (χ4v) is 2.63. The van der Waals surface area contributed by atoms with E-state index in [0.29, 0.717) is 0 Å². The second-order valence-corrected chi connectivity index (χ2v) is 7.79. The Kier molecular flexibility index (Phi) is 6.19. The Morgan fingerprint density at radius 1 is 1.21 bits per heavy atom. The van der Waals surface area contributed by atoms with Gasteiger partial charge in [-0.2, -0.15) is 0 Å². The molecule has 1 N–H and O–H groups in total. The monoisotopic (exact) mass is 359 g/mol. The van der Waals surface area contributed by atoms with Crippen LogP contribution in [0, 0.1) is 0 Å². The summed E-state index contributed by atoms with van der Waals surface area (Å²) >= 11 is 0. The van der Waals surface area contributed by atoms with Gasteiger partial charge in [-0.1, -0.05) is 0 Å². The van der Waals surface area contributed by atoms with E-state index in [1.165, 1.54) is 25.3 Å². The molecule has 0 aliphatic heterocycles. The van der Waals surface area contributed by atoms with Crippen molar-refractivity contribution in [3.63, 3.8) is 0 Å². The Balaban J connectivity index is 3.00. The predicted molar refractivity (Wildman–Crippen MR) is 86.7 cm³/mol. The molecule has 0 aliphatic rings. The van der Waals surface area contributed by atoms with Crippen LogP contribution in [-0.2, 0) is 24.1 Å². The van der Waals surface area contributed by atoms with Crippen molar-refractivity contribution < 1.29 is 32.2 Å². The lowest BCUT2D eigenvalue weighted by Crippen LogP contribution is -2.27. The van der Waals surface area contributed by atoms with Crippen LogP contribution in [0.3, 0.4) is 0 Å². The highest BCUT2D eigenvalue weighted by Crippen LogP contribution is 2.28. The number of carbonyl (C=O) groups is 2. The molecule has 0 atom stereocenters. The van der Waals surface area contributed by atoms with Gasteiger partial charge < -0.3 is 14.2 Å². The Labute approximate surface area is 141 Å². The van der Waals surface area contributed by atoms with Gasteiger partial charge in [0.1, 0.15) is 11.4 Å². The molecule has 0 heterocycles. The van der Waals surface area contributed by atoms with E-state index in [1.54, 1.807) is 20.8 Å². The number of hydrogen-bond donors (Lipinski definition) is 1. The molecule has 0 aliphatic carbocycles. The quantitative estimate of drug-likeness (QED) is 0.804. The zero-order valence-electron chi connectivity index (χ0n) is 14.2. The topological polar surface area (TPSA) is 108 Å². The lowest BCUT2D eigenvalue weighted by atomic mass is 10.2. The first-order valence-electron chi connectivity index (χ1n) is 6.99. The van der Waals surface area contributed by atoms with Crippen molar-refractivity contribution in [2.24, 2.45) is 0 Å². The number of hydrogen-bond acceptors (Lipinski definition) is 7. The second-order valence-electron chi connectivity index (χ2n) is 5.86. The number of sulfone groups is 1. The minimum absolute atomic E-state index is 0.102. The highest BCUT2D eigenvalue weighted by molar-refractivity contribution is 7.91. The number of esters is 1. The smallest absolute Gasteiger partial charge is 0.412 e. The van der Waals surface area contributed by atoms with Crippen LogP contribution in [-0.4, -0.2) is 39.1 Å². The molecule has 0 radical (unpaired) electrons. The van der Waals surface area contributed by atoms with E-state index < -0.39 is 33.4 Å². The molecular weight excluding hydrogens is 338 g/mol. The van der Waals surface area contributed by atoms with Gasteiger partial charge >= 0.3 is 12.1 Å². The fraction of sp³-hybridized carbons (Fsp3) is 0.467. The summed E-state index contributed by atoms with van der Waals surface area (Å²) in [4.78, 5) is 22.5. The van der Waals surface area contributed by atoms with Gasteiger partial charge in [0.15, 0.2) is 5.94 Å². The minimum Gasteiger partial charge on any atom is -0.495 e. The third-order valence-electron chi connectivity index (χ3n) is 2.59. The summed E-state index contributed by atoms with van der Waals surface area (Å²) in [5, 5.41) is 2.48. The van der Waals surface area contributed by atoms with Gasteiger partial charge in [-0.3, -0.25) is 10.1 Å². The third kappa shape index (κ3) is 6.07. The zero-order chi connectivity index (χ0) is 18.5. The van der Waals surface area contributed by atoms with E-state index in [0.717, 1.165) is 6.92 Å². The first-order valence-corrected chi connectivity index (χ1v) is 8.64. The number of benzene rings is 1. The molecule has 0 aromatic heterocycles. The second kappa shape index (κ2) is 7.52. The van der Waals surface area contributed by atoms with E-state index >= 15 is 0 Å². The molecule has 0 spiro atoms. The lowest BCUT2D eigenvalue weighted by molar-refractivity contribution is -0.138. The largest absolute Gasteiger partial charge is 0.495 e. The predicted octanol–water partition coefficient (Wildman–Crippen LogP) is 2.34. The van der Waals surface area contributed by atoms with E-state index in [4.69, 9.17) is 9.47 Å². The number of carbonyl (C=O) groups excluding carboxylic acids is 2. The summed E-state index contributed by atoms with van der Waals surface area (Å²) in [7, 11) is -2.50. The van der Waals surface area contributed by atoms with Crippen molar-refractivity contribution in [1.29, 1.82) is 0 Å². The molecule has 1 aromatic rings. The summed E-state index contributed by atoms with van der Waals surface area (Å²) in [6.07, 6.45) is -0.698. The van der Waals surface area contributed by atoms with Crippen LogP contribution in [0.1, 0.15) is 27.7 Å². The molecular formula is C15H21NO7S. The van der Waals surface area contributed by atoms with Crippen molar-refractivity contribution in [2.75, 3.05) is 18.4 Å². The van der Waals surface area contributed by atoms with Gasteiger partial charge in [-0.15, -0.1) is 0 Å². The average Bonchev–Trinajstić information content (AvgIpc) is 2.43. The molecule has 0 unspecified atom stereocenters. The number of nitrogens with one attached hydrogen (secondary N) is 1. The fourth-order valence-electron chi connectivity index (χ4n) is 1.61. The number of methoxy groups -OCH3 is 1. The Morgan fingerprint density at radius 3 is 2.33 bits per heavy atom. The van der Waals surface area contributed by atoms with Crippen LogP contribution >= 0.6 is 0 Å². The molecule has 9 heteroatoms. The number of ether oxygens (including phenoxy) is 3. The van der Waals surface area contributed by atoms with Crippen LogP contribution in [0.4, 0.5) is 10.5 Å². The molecule has 134 valence electrons. The first kappa shape index (κ1) is 19.8. The number of anilines is 1. The molecule has 0 saturated heterocycles. The van der Waals surface area contributed by atoms with E-state index in [-0.39, 0.29) is 16.3 Å². The van der Waals surface area contributed by atoms with Crippen LogP contribution in [0.25, 0.3) is 0 Å². The van der Waals surface area contributed by atoms with Gasteiger partial charge in [0.05, 0.1) is 17.7 Å². The molecule has 0 saturated carbocycles. The van der Waals surface area contributed by atoms with Crippen LogP contribution < -0.4 is 10.1 Å². The molecule has 24 heavy (non-hydrogen) atoms. The number of rotatable bonds is 5. The summed E-state index contributed by atoms with van der Waals surface area (Å²) in [5.41, 5.74) is -0.428. The molecule has 8 nitrogen and oxygen atoms in total. The van der Waals surface area contributed by atoms with Crippen molar-refractivity contribution in [2.45, 2.75) is 38.2 Å². The van der Waals surface area contributed by atoms with Crippen molar-refractivity contribution in [3.8, 4) is 5.75 Å². The van der Waals surface area contributed by atoms with E-state index in [1.807, 2.05) is 0 Å².